The molecule has 0 aliphatic heterocycles. The largest absolute Gasteiger partial charge is 0.467 e. The van der Waals surface area contributed by atoms with E-state index in [1.165, 1.54) is 5.75 Å². The number of nitrogens with zero attached hydrogens (tertiary/aromatic N) is 3. The second kappa shape index (κ2) is 6.58. The normalized spacial score (nSPS) is 10.2. The highest BCUT2D eigenvalue weighted by Gasteiger charge is 2.06. The van der Waals surface area contributed by atoms with Crippen molar-refractivity contribution in [2.45, 2.75) is 13.3 Å². The molecule has 0 bridgehead atoms. The summed E-state index contributed by atoms with van der Waals surface area (Å²) in [6.45, 7) is 2.95. The van der Waals surface area contributed by atoms with Gasteiger partial charge in [-0.05, 0) is 25.4 Å². The third-order valence-electron chi connectivity index (χ3n) is 2.24. The maximum atomic E-state index is 5.06. The van der Waals surface area contributed by atoms with Gasteiger partial charge < -0.3 is 9.64 Å². The number of hydrogen-bond acceptors (Lipinski definition) is 5. The molecule has 0 aromatic carbocycles. The van der Waals surface area contributed by atoms with Crippen LogP contribution >= 0.6 is 11.8 Å². The third kappa shape index (κ3) is 3.89. The topological polar surface area (TPSA) is 38.2 Å². The molecule has 5 heteroatoms. The number of thioether (sulfide) groups is 1. The summed E-state index contributed by atoms with van der Waals surface area (Å²) in [4.78, 5) is 10.6. The van der Waals surface area contributed by atoms with Gasteiger partial charge in [-0.25, -0.2) is 4.98 Å². The van der Waals surface area contributed by atoms with Crippen molar-refractivity contribution in [3.63, 3.8) is 0 Å². The van der Waals surface area contributed by atoms with E-state index in [4.69, 9.17) is 4.74 Å². The van der Waals surface area contributed by atoms with Crippen LogP contribution in [0, 0.1) is 6.92 Å². The van der Waals surface area contributed by atoms with Gasteiger partial charge >= 0.3 is 6.01 Å². The van der Waals surface area contributed by atoms with Gasteiger partial charge in [0.25, 0.3) is 0 Å². The maximum Gasteiger partial charge on any atom is 0.318 e. The smallest absolute Gasteiger partial charge is 0.318 e. The van der Waals surface area contributed by atoms with Gasteiger partial charge in [-0.15, -0.1) is 0 Å². The van der Waals surface area contributed by atoms with Crippen LogP contribution in [0.25, 0.3) is 0 Å². The van der Waals surface area contributed by atoms with Crippen LogP contribution in [0.3, 0.4) is 0 Å². The van der Waals surface area contributed by atoms with Crippen LogP contribution in [-0.2, 0) is 0 Å². The second-order valence-electron chi connectivity index (χ2n) is 3.62. The predicted octanol–water partition coefficient (Wildman–Crippen LogP) is 1.98. The van der Waals surface area contributed by atoms with E-state index in [1.807, 2.05) is 31.8 Å². The zero-order valence-electron chi connectivity index (χ0n) is 10.4. The van der Waals surface area contributed by atoms with Crippen molar-refractivity contribution in [3.8, 4) is 6.01 Å². The first kappa shape index (κ1) is 13.1. The van der Waals surface area contributed by atoms with E-state index in [-0.39, 0.29) is 0 Å². The van der Waals surface area contributed by atoms with Crippen molar-refractivity contribution in [1.82, 2.24) is 9.97 Å². The minimum Gasteiger partial charge on any atom is -0.467 e. The third-order valence-corrected chi connectivity index (χ3v) is 2.93. The second-order valence-corrected chi connectivity index (χ2v) is 4.61. The average Bonchev–Trinajstić information content (AvgIpc) is 2.28. The molecule has 0 saturated carbocycles. The minimum absolute atomic E-state index is 0.437. The molecule has 0 N–H and O–H groups in total. The monoisotopic (exact) mass is 241 g/mol. The highest BCUT2D eigenvalue weighted by atomic mass is 32.2. The molecule has 1 heterocycles. The predicted molar refractivity (Wildman–Crippen MR) is 69.6 cm³/mol. The Morgan fingerprint density at radius 2 is 2.19 bits per heavy atom. The quantitative estimate of drug-likeness (QED) is 0.712. The first-order valence-electron chi connectivity index (χ1n) is 5.27. The van der Waals surface area contributed by atoms with Gasteiger partial charge in [0.15, 0.2) is 0 Å². The van der Waals surface area contributed by atoms with Crippen LogP contribution in [0.15, 0.2) is 6.07 Å². The van der Waals surface area contributed by atoms with E-state index in [0.717, 1.165) is 24.5 Å². The van der Waals surface area contributed by atoms with Crippen LogP contribution in [0.2, 0.25) is 0 Å². The van der Waals surface area contributed by atoms with Gasteiger partial charge in [0.2, 0.25) is 0 Å². The molecule has 0 aliphatic rings. The van der Waals surface area contributed by atoms with Gasteiger partial charge in [-0.1, -0.05) is 0 Å². The number of methoxy groups -OCH3 is 1. The molecule has 0 saturated heterocycles. The molecular formula is C11H19N3OS. The summed E-state index contributed by atoms with van der Waals surface area (Å²) < 4.78 is 5.06. The van der Waals surface area contributed by atoms with Crippen molar-refractivity contribution >= 4 is 17.6 Å². The van der Waals surface area contributed by atoms with Crippen molar-refractivity contribution in [2.75, 3.05) is 37.6 Å². The highest BCUT2D eigenvalue weighted by Crippen LogP contribution is 2.14. The lowest BCUT2D eigenvalue weighted by atomic mass is 10.4. The van der Waals surface area contributed by atoms with Crippen LogP contribution in [-0.4, -0.2) is 42.7 Å². The van der Waals surface area contributed by atoms with Crippen molar-refractivity contribution in [2.24, 2.45) is 0 Å². The van der Waals surface area contributed by atoms with E-state index in [1.54, 1.807) is 7.11 Å². The van der Waals surface area contributed by atoms with Crippen molar-refractivity contribution in [1.29, 1.82) is 0 Å². The maximum absolute atomic E-state index is 5.06. The van der Waals surface area contributed by atoms with E-state index >= 15 is 0 Å². The molecule has 0 amide bonds. The Balaban J connectivity index is 2.66. The van der Waals surface area contributed by atoms with Gasteiger partial charge in [-0.2, -0.15) is 16.7 Å². The lowest BCUT2D eigenvalue weighted by Gasteiger charge is -2.18. The molecule has 1 aromatic heterocycles. The standard InChI is InChI=1S/C11H19N3OS/c1-9-8-10(13-11(12-9)15-3)14(2)6-5-7-16-4/h8H,5-7H2,1-4H3. The lowest BCUT2D eigenvalue weighted by Crippen LogP contribution is -2.20. The fourth-order valence-corrected chi connectivity index (χ4v) is 1.79. The molecule has 0 fully saturated rings. The SMILES string of the molecule is COc1nc(C)cc(N(C)CCCSC)n1. The fourth-order valence-electron chi connectivity index (χ4n) is 1.37. The molecule has 0 unspecified atom stereocenters. The van der Waals surface area contributed by atoms with Crippen molar-refractivity contribution < 1.29 is 4.74 Å². The number of rotatable bonds is 6. The summed E-state index contributed by atoms with van der Waals surface area (Å²) in [5, 5.41) is 0. The Morgan fingerprint density at radius 1 is 1.44 bits per heavy atom. The molecule has 1 aromatic rings. The number of ether oxygens (including phenoxy) is 1. The number of anilines is 1. The summed E-state index contributed by atoms with van der Waals surface area (Å²) >= 11 is 1.87. The summed E-state index contributed by atoms with van der Waals surface area (Å²) in [5.74, 6) is 2.09. The lowest BCUT2D eigenvalue weighted by molar-refractivity contribution is 0.379. The minimum atomic E-state index is 0.437. The molecule has 0 atom stereocenters. The van der Waals surface area contributed by atoms with Gasteiger partial charge in [0, 0.05) is 25.4 Å². The molecule has 16 heavy (non-hydrogen) atoms. The summed E-state index contributed by atoms with van der Waals surface area (Å²) in [7, 11) is 3.63. The average molecular weight is 241 g/mol. The summed E-state index contributed by atoms with van der Waals surface area (Å²) in [6.07, 6.45) is 3.28. The first-order valence-corrected chi connectivity index (χ1v) is 6.66. The van der Waals surface area contributed by atoms with Crippen LogP contribution in [0.5, 0.6) is 6.01 Å². The van der Waals surface area contributed by atoms with Crippen LogP contribution in [0.4, 0.5) is 5.82 Å². The number of hydrogen-bond donors (Lipinski definition) is 0. The zero-order chi connectivity index (χ0) is 12.0. The Kier molecular flexibility index (Phi) is 5.38. The van der Waals surface area contributed by atoms with E-state index in [0.29, 0.717) is 6.01 Å². The Labute approximate surface area is 101 Å². The molecule has 0 spiro atoms. The molecule has 90 valence electrons. The number of aromatic nitrogens is 2. The van der Waals surface area contributed by atoms with Crippen LogP contribution in [0.1, 0.15) is 12.1 Å². The van der Waals surface area contributed by atoms with E-state index < -0.39 is 0 Å². The van der Waals surface area contributed by atoms with Gasteiger partial charge in [-0.3, -0.25) is 0 Å². The van der Waals surface area contributed by atoms with Crippen LogP contribution < -0.4 is 9.64 Å². The fraction of sp³-hybridized carbons (Fsp3) is 0.636. The highest BCUT2D eigenvalue weighted by molar-refractivity contribution is 7.98. The first-order chi connectivity index (χ1) is 7.67. The molecule has 1 rings (SSSR count). The molecule has 0 aliphatic carbocycles. The zero-order valence-corrected chi connectivity index (χ0v) is 11.2. The summed E-state index contributed by atoms with van der Waals surface area (Å²) in [6, 6.07) is 2.41. The Morgan fingerprint density at radius 3 is 2.81 bits per heavy atom. The molecule has 4 nitrogen and oxygen atoms in total. The van der Waals surface area contributed by atoms with Gasteiger partial charge in [0.1, 0.15) is 5.82 Å². The van der Waals surface area contributed by atoms with E-state index in [2.05, 4.69) is 21.1 Å². The molecule has 0 radical (unpaired) electrons. The molecular weight excluding hydrogens is 222 g/mol. The Hall–Kier alpha value is -0.970. The van der Waals surface area contributed by atoms with Crippen molar-refractivity contribution in [3.05, 3.63) is 11.8 Å². The number of aryl methyl sites for hydroxylation is 1. The summed E-state index contributed by atoms with van der Waals surface area (Å²) in [5.41, 5.74) is 0.929. The Bertz CT molecular complexity index is 333. The van der Waals surface area contributed by atoms with Gasteiger partial charge in [0.05, 0.1) is 7.11 Å². The van der Waals surface area contributed by atoms with E-state index in [9.17, 15) is 0 Å².